The molecule has 0 aliphatic rings. The highest BCUT2D eigenvalue weighted by molar-refractivity contribution is 7.92. The van der Waals surface area contributed by atoms with Crippen LogP contribution in [0.15, 0.2) is 35.7 Å². The van der Waals surface area contributed by atoms with Crippen molar-refractivity contribution in [2.45, 2.75) is 32.7 Å². The fourth-order valence-electron chi connectivity index (χ4n) is 1.83. The number of carbonyl (C=O) groups is 3. The molecule has 10 heteroatoms. The maximum absolute atomic E-state index is 11.8. The van der Waals surface area contributed by atoms with Crippen LogP contribution >= 0.6 is 0 Å². The van der Waals surface area contributed by atoms with E-state index in [-0.39, 0.29) is 13.0 Å². The van der Waals surface area contributed by atoms with Gasteiger partial charge in [-0.25, -0.2) is 17.9 Å². The number of carbonyl (C=O) groups excluding carboxylic acids is 3. The van der Waals surface area contributed by atoms with Crippen LogP contribution in [0.3, 0.4) is 0 Å². The van der Waals surface area contributed by atoms with Crippen LogP contribution in [0.25, 0.3) is 6.08 Å². The van der Waals surface area contributed by atoms with Gasteiger partial charge in [-0.15, -0.1) is 0 Å². The molecule has 0 unspecified atom stereocenters. The molecule has 1 aromatic rings. The smallest absolute Gasteiger partial charge is 0.321 e. The average Bonchev–Trinajstić information content (AvgIpc) is 2.57. The number of hydrogen-bond acceptors (Lipinski definition) is 6. The summed E-state index contributed by atoms with van der Waals surface area (Å²) in [4.78, 5) is 34.6. The second kappa shape index (κ2) is 10.6. The summed E-state index contributed by atoms with van der Waals surface area (Å²) in [7, 11) is -3.71. The quantitative estimate of drug-likeness (QED) is 0.550. The van der Waals surface area contributed by atoms with Crippen LogP contribution in [0.5, 0.6) is 0 Å². The zero-order valence-electron chi connectivity index (χ0n) is 16.0. The third kappa shape index (κ3) is 11.1. The van der Waals surface area contributed by atoms with Gasteiger partial charge >= 0.3 is 12.0 Å². The molecule has 154 valence electrons. The van der Waals surface area contributed by atoms with Gasteiger partial charge < -0.3 is 10.1 Å². The van der Waals surface area contributed by atoms with Crippen LogP contribution < -0.4 is 15.4 Å². The van der Waals surface area contributed by atoms with Gasteiger partial charge in [0.25, 0.3) is 5.91 Å². The monoisotopic (exact) mass is 411 g/mol. The number of ether oxygens (including phenoxy) is 1. The number of urea groups is 1. The standard InChI is InChI=1S/C18H25N3O6S/c1-18(2,3)21-17(24)20-15(22)13-27-16(23)9-11-19-28(25,26)12-10-14-7-5-4-6-8-14/h4-8,10,12,19H,9,11,13H2,1-3H3,(H2,20,21,22,24)/b12-10+. The van der Waals surface area contributed by atoms with Crippen molar-refractivity contribution in [2.24, 2.45) is 0 Å². The third-order valence-electron chi connectivity index (χ3n) is 2.98. The molecule has 3 amide bonds. The second-order valence-corrected chi connectivity index (χ2v) is 8.47. The van der Waals surface area contributed by atoms with Gasteiger partial charge in [0, 0.05) is 17.5 Å². The SMILES string of the molecule is CC(C)(C)NC(=O)NC(=O)COC(=O)CCNS(=O)(=O)/C=C/c1ccccc1. The van der Waals surface area contributed by atoms with Gasteiger partial charge in [0.1, 0.15) is 0 Å². The zero-order valence-corrected chi connectivity index (χ0v) is 16.8. The predicted octanol–water partition coefficient (Wildman–Crippen LogP) is 1.13. The normalized spacial score (nSPS) is 11.8. The third-order valence-corrected chi connectivity index (χ3v) is 4.08. The van der Waals surface area contributed by atoms with E-state index in [0.29, 0.717) is 5.56 Å². The Bertz CT molecular complexity index is 813. The Kier molecular flexibility index (Phi) is 8.80. The van der Waals surface area contributed by atoms with Crippen LogP contribution in [0.4, 0.5) is 4.79 Å². The van der Waals surface area contributed by atoms with Crippen molar-refractivity contribution in [3.63, 3.8) is 0 Å². The van der Waals surface area contributed by atoms with Crippen LogP contribution in [0.2, 0.25) is 0 Å². The van der Waals surface area contributed by atoms with Crippen molar-refractivity contribution in [1.82, 2.24) is 15.4 Å². The molecule has 0 aliphatic carbocycles. The van der Waals surface area contributed by atoms with Crippen molar-refractivity contribution >= 4 is 34.0 Å². The number of nitrogens with one attached hydrogen (secondary N) is 3. The van der Waals surface area contributed by atoms with Gasteiger partial charge in [-0.05, 0) is 32.4 Å². The van der Waals surface area contributed by atoms with Crippen molar-refractivity contribution in [1.29, 1.82) is 0 Å². The molecule has 9 nitrogen and oxygen atoms in total. The summed E-state index contributed by atoms with van der Waals surface area (Å²) in [6, 6.07) is 8.16. The fourth-order valence-corrected chi connectivity index (χ4v) is 2.65. The molecule has 28 heavy (non-hydrogen) atoms. The molecule has 0 saturated carbocycles. The Labute approximate surface area is 164 Å². The number of benzene rings is 1. The average molecular weight is 411 g/mol. The number of sulfonamides is 1. The molecule has 0 radical (unpaired) electrons. The summed E-state index contributed by atoms with van der Waals surface area (Å²) in [5.74, 6) is -1.57. The van der Waals surface area contributed by atoms with Gasteiger partial charge in [-0.2, -0.15) is 0 Å². The highest BCUT2D eigenvalue weighted by atomic mass is 32.2. The molecule has 0 atom stereocenters. The largest absolute Gasteiger partial charge is 0.456 e. The van der Waals surface area contributed by atoms with E-state index in [1.165, 1.54) is 6.08 Å². The molecule has 0 fully saturated rings. The summed E-state index contributed by atoms with van der Waals surface area (Å²) >= 11 is 0. The first-order valence-corrected chi connectivity index (χ1v) is 10.0. The Balaban J connectivity index is 2.30. The van der Waals surface area contributed by atoms with E-state index in [9.17, 15) is 22.8 Å². The zero-order chi connectivity index (χ0) is 21.2. The summed E-state index contributed by atoms with van der Waals surface area (Å²) in [5.41, 5.74) is 0.196. The molecule has 0 aromatic heterocycles. The molecule has 0 saturated heterocycles. The molecule has 0 aliphatic heterocycles. The first-order valence-electron chi connectivity index (χ1n) is 8.47. The van der Waals surface area contributed by atoms with E-state index in [0.717, 1.165) is 5.41 Å². The Morgan fingerprint density at radius 1 is 1.11 bits per heavy atom. The second-order valence-electron chi connectivity index (χ2n) is 6.82. The van der Waals surface area contributed by atoms with Gasteiger partial charge in [0.05, 0.1) is 6.42 Å². The summed E-state index contributed by atoms with van der Waals surface area (Å²) in [6.07, 6.45) is 1.16. The number of imide groups is 1. The van der Waals surface area contributed by atoms with Crippen molar-refractivity contribution < 1.29 is 27.5 Å². The minimum Gasteiger partial charge on any atom is -0.456 e. The van der Waals surface area contributed by atoms with Crippen molar-refractivity contribution in [2.75, 3.05) is 13.2 Å². The molecular formula is C18H25N3O6S. The van der Waals surface area contributed by atoms with Crippen molar-refractivity contribution in [3.05, 3.63) is 41.3 Å². The summed E-state index contributed by atoms with van der Waals surface area (Å²) < 4.78 is 30.6. The topological polar surface area (TPSA) is 131 Å². The van der Waals surface area contributed by atoms with Gasteiger partial charge in [0.2, 0.25) is 10.0 Å². The Morgan fingerprint density at radius 3 is 2.36 bits per heavy atom. The maximum atomic E-state index is 11.8. The molecule has 0 heterocycles. The lowest BCUT2D eigenvalue weighted by atomic mass is 10.1. The highest BCUT2D eigenvalue weighted by Gasteiger charge is 2.16. The molecule has 0 bridgehead atoms. The van der Waals surface area contributed by atoms with Crippen LogP contribution in [0, 0.1) is 0 Å². The van der Waals surface area contributed by atoms with E-state index >= 15 is 0 Å². The van der Waals surface area contributed by atoms with Gasteiger partial charge in [0.15, 0.2) is 6.61 Å². The molecule has 1 rings (SSSR count). The number of hydrogen-bond donors (Lipinski definition) is 3. The van der Waals surface area contributed by atoms with E-state index in [2.05, 4.69) is 10.0 Å². The number of esters is 1. The van der Waals surface area contributed by atoms with Gasteiger partial charge in [-0.1, -0.05) is 30.3 Å². The molecular weight excluding hydrogens is 386 g/mol. The van der Waals surface area contributed by atoms with Crippen LogP contribution in [-0.2, 0) is 24.3 Å². The molecule has 3 N–H and O–H groups in total. The maximum Gasteiger partial charge on any atom is 0.321 e. The van der Waals surface area contributed by atoms with Crippen LogP contribution in [0.1, 0.15) is 32.8 Å². The van der Waals surface area contributed by atoms with E-state index < -0.39 is 40.1 Å². The highest BCUT2D eigenvalue weighted by Crippen LogP contribution is 2.02. The van der Waals surface area contributed by atoms with E-state index in [1.807, 2.05) is 11.4 Å². The lowest BCUT2D eigenvalue weighted by molar-refractivity contribution is -0.148. The minimum absolute atomic E-state index is 0.188. The Morgan fingerprint density at radius 2 is 1.75 bits per heavy atom. The Hall–Kier alpha value is -2.72. The number of rotatable bonds is 8. The van der Waals surface area contributed by atoms with Crippen molar-refractivity contribution in [3.8, 4) is 0 Å². The fraction of sp³-hybridized carbons (Fsp3) is 0.389. The number of amides is 3. The van der Waals surface area contributed by atoms with E-state index in [1.54, 1.807) is 45.0 Å². The van der Waals surface area contributed by atoms with Crippen LogP contribution in [-0.4, -0.2) is 45.0 Å². The summed E-state index contributed by atoms with van der Waals surface area (Å²) in [6.45, 7) is 4.40. The van der Waals surface area contributed by atoms with E-state index in [4.69, 9.17) is 4.74 Å². The van der Waals surface area contributed by atoms with Gasteiger partial charge in [-0.3, -0.25) is 14.9 Å². The summed E-state index contributed by atoms with van der Waals surface area (Å²) in [5, 5.41) is 5.53. The molecule has 1 aromatic carbocycles. The lowest BCUT2D eigenvalue weighted by Crippen LogP contribution is -2.49. The molecule has 0 spiro atoms. The first kappa shape index (κ1) is 23.3. The lowest BCUT2D eigenvalue weighted by Gasteiger charge is -2.20. The first-order chi connectivity index (χ1) is 13.0. The predicted molar refractivity (Wildman–Crippen MR) is 104 cm³/mol. The minimum atomic E-state index is -3.71.